The predicted octanol–water partition coefficient (Wildman–Crippen LogP) is 8.47. The third-order valence-corrected chi connectivity index (χ3v) is 8.66. The van der Waals surface area contributed by atoms with E-state index in [0.717, 1.165) is 32.0 Å². The number of thiophene rings is 1. The number of hydrogen-bond donors (Lipinski definition) is 0. The molecule has 5 aromatic rings. The molecule has 7 rings (SSSR count). The second kappa shape index (κ2) is 7.86. The standard InChI is InChI=1S/C33H23NO2S/c1-33(2)27-14-8-9-15-29(27)34(22-12-4-3-5-13-22)32-28(33)19-23(37-32)18-26-30(35)24-16-20-10-6-7-11-21(20)17-25(24)31(26)36/h3-19H,1-2H3. The molecule has 0 fully saturated rings. The lowest BCUT2D eigenvalue weighted by atomic mass is 9.75. The first-order valence-electron chi connectivity index (χ1n) is 12.4. The van der Waals surface area contributed by atoms with Gasteiger partial charge in [0.2, 0.25) is 0 Å². The number of ketones is 2. The number of fused-ring (bicyclic) bond motifs is 4. The number of carbonyl (C=O) groups is 2. The zero-order valence-corrected chi connectivity index (χ0v) is 21.3. The van der Waals surface area contributed by atoms with Crippen molar-refractivity contribution in [2.24, 2.45) is 0 Å². The zero-order valence-electron chi connectivity index (χ0n) is 20.5. The number of anilines is 3. The van der Waals surface area contributed by atoms with Gasteiger partial charge in [-0.05, 0) is 64.4 Å². The van der Waals surface area contributed by atoms with Crippen molar-refractivity contribution in [3.63, 3.8) is 0 Å². The van der Waals surface area contributed by atoms with Gasteiger partial charge in [0.15, 0.2) is 11.6 Å². The first kappa shape index (κ1) is 22.0. The fraction of sp³-hybridized carbons (Fsp3) is 0.0909. The Kier molecular flexibility index (Phi) is 4.66. The van der Waals surface area contributed by atoms with E-state index in [9.17, 15) is 9.59 Å². The quantitative estimate of drug-likeness (QED) is 0.181. The molecule has 0 saturated heterocycles. The van der Waals surface area contributed by atoms with Gasteiger partial charge in [-0.1, -0.05) is 74.5 Å². The Morgan fingerprint density at radius 2 is 1.30 bits per heavy atom. The molecule has 0 atom stereocenters. The molecule has 1 aromatic heterocycles. The second-order valence-electron chi connectivity index (χ2n) is 10.1. The fourth-order valence-corrected chi connectivity index (χ4v) is 6.95. The largest absolute Gasteiger partial charge is 0.301 e. The van der Waals surface area contributed by atoms with Crippen molar-refractivity contribution >= 4 is 56.1 Å². The number of rotatable bonds is 2. The van der Waals surface area contributed by atoms with Crippen LogP contribution in [0.1, 0.15) is 50.6 Å². The minimum absolute atomic E-state index is 0.195. The summed E-state index contributed by atoms with van der Waals surface area (Å²) in [5, 5.41) is 3.05. The normalized spacial score (nSPS) is 15.5. The highest BCUT2D eigenvalue weighted by atomic mass is 32.1. The lowest BCUT2D eigenvalue weighted by Crippen LogP contribution is -2.29. The SMILES string of the molecule is CC1(C)c2ccccc2N(c2ccccc2)c2sc(C=C3C(=O)c4cc5ccccc5cc4C3=O)cc21. The molecule has 0 bridgehead atoms. The number of allylic oxidation sites excluding steroid dienone is 1. The maximum absolute atomic E-state index is 13.4. The molecule has 2 heterocycles. The van der Waals surface area contributed by atoms with E-state index in [1.165, 1.54) is 11.1 Å². The molecule has 178 valence electrons. The minimum Gasteiger partial charge on any atom is -0.301 e. The Labute approximate surface area is 219 Å². The topological polar surface area (TPSA) is 37.4 Å². The van der Waals surface area contributed by atoms with Gasteiger partial charge in [-0.3, -0.25) is 9.59 Å². The van der Waals surface area contributed by atoms with E-state index >= 15 is 0 Å². The molecule has 0 saturated carbocycles. The summed E-state index contributed by atoms with van der Waals surface area (Å²) >= 11 is 1.62. The number of carbonyl (C=O) groups excluding carboxylic acids is 2. The van der Waals surface area contributed by atoms with Gasteiger partial charge in [-0.25, -0.2) is 0 Å². The van der Waals surface area contributed by atoms with Gasteiger partial charge < -0.3 is 4.90 Å². The molecule has 4 heteroatoms. The third kappa shape index (κ3) is 3.19. The summed E-state index contributed by atoms with van der Waals surface area (Å²) in [5.74, 6) is -0.390. The van der Waals surface area contributed by atoms with Crippen molar-refractivity contribution in [1.82, 2.24) is 0 Å². The highest BCUT2D eigenvalue weighted by Gasteiger charge is 2.39. The third-order valence-electron chi connectivity index (χ3n) is 7.59. The molecule has 2 aliphatic rings. The van der Waals surface area contributed by atoms with Crippen LogP contribution in [0.2, 0.25) is 0 Å². The van der Waals surface area contributed by atoms with Crippen LogP contribution in [0.25, 0.3) is 16.8 Å². The van der Waals surface area contributed by atoms with E-state index < -0.39 is 0 Å². The van der Waals surface area contributed by atoms with Gasteiger partial charge in [0.1, 0.15) is 5.00 Å². The van der Waals surface area contributed by atoms with E-state index in [0.29, 0.717) is 11.1 Å². The lowest BCUT2D eigenvalue weighted by molar-refractivity contribution is 0.0990. The number of benzene rings is 4. The molecule has 1 aliphatic carbocycles. The molecule has 0 N–H and O–H groups in total. The summed E-state index contributed by atoms with van der Waals surface area (Å²) in [6, 6.07) is 32.5. The Hall–Kier alpha value is -4.28. The van der Waals surface area contributed by atoms with Crippen molar-refractivity contribution in [2.45, 2.75) is 19.3 Å². The summed E-state index contributed by atoms with van der Waals surface area (Å²) in [7, 11) is 0. The molecule has 3 nitrogen and oxygen atoms in total. The van der Waals surface area contributed by atoms with E-state index in [4.69, 9.17) is 0 Å². The van der Waals surface area contributed by atoms with Gasteiger partial charge in [0, 0.05) is 27.1 Å². The van der Waals surface area contributed by atoms with Crippen LogP contribution in [0.4, 0.5) is 16.4 Å². The van der Waals surface area contributed by atoms with Gasteiger partial charge in [-0.15, -0.1) is 11.3 Å². The van der Waals surface area contributed by atoms with Crippen molar-refractivity contribution in [1.29, 1.82) is 0 Å². The molecular weight excluding hydrogens is 474 g/mol. The van der Waals surface area contributed by atoms with E-state index in [2.05, 4.69) is 61.2 Å². The molecule has 0 amide bonds. The van der Waals surface area contributed by atoms with Crippen molar-refractivity contribution < 1.29 is 9.59 Å². The minimum atomic E-state index is -0.227. The molecule has 0 spiro atoms. The molecule has 0 unspecified atom stereocenters. The first-order chi connectivity index (χ1) is 17.9. The van der Waals surface area contributed by atoms with E-state index in [-0.39, 0.29) is 22.6 Å². The van der Waals surface area contributed by atoms with Crippen LogP contribution >= 0.6 is 11.3 Å². The van der Waals surface area contributed by atoms with Crippen LogP contribution < -0.4 is 4.90 Å². The summed E-state index contributed by atoms with van der Waals surface area (Å²) in [6.07, 6.45) is 1.79. The smallest absolute Gasteiger partial charge is 0.197 e. The van der Waals surface area contributed by atoms with Crippen molar-refractivity contribution in [2.75, 3.05) is 4.90 Å². The lowest BCUT2D eigenvalue weighted by Gasteiger charge is -2.39. The number of nitrogens with zero attached hydrogens (tertiary/aromatic N) is 1. The van der Waals surface area contributed by atoms with Crippen molar-refractivity contribution in [3.8, 4) is 0 Å². The molecular formula is C33H23NO2S. The molecule has 4 aromatic carbocycles. The van der Waals surface area contributed by atoms with Crippen LogP contribution in [0.5, 0.6) is 0 Å². The van der Waals surface area contributed by atoms with Gasteiger partial charge in [-0.2, -0.15) is 0 Å². The number of Topliss-reactive ketones (excluding diaryl/α,β-unsaturated/α-hetero) is 2. The molecule has 1 aliphatic heterocycles. The van der Waals surface area contributed by atoms with Gasteiger partial charge in [0.05, 0.1) is 11.3 Å². The predicted molar refractivity (Wildman–Crippen MR) is 152 cm³/mol. The van der Waals surface area contributed by atoms with Crippen molar-refractivity contribution in [3.05, 3.63) is 130 Å². The van der Waals surface area contributed by atoms with Crippen LogP contribution in [-0.2, 0) is 5.41 Å². The van der Waals surface area contributed by atoms with Crippen LogP contribution in [0.3, 0.4) is 0 Å². The Morgan fingerprint density at radius 3 is 1.97 bits per heavy atom. The average Bonchev–Trinajstić information content (AvgIpc) is 3.44. The summed E-state index contributed by atoms with van der Waals surface area (Å²) in [5.41, 5.74) is 5.67. The molecule has 0 radical (unpaired) electrons. The Morgan fingerprint density at radius 1 is 0.703 bits per heavy atom. The summed E-state index contributed by atoms with van der Waals surface area (Å²) in [4.78, 5) is 30.0. The van der Waals surface area contributed by atoms with E-state index in [1.54, 1.807) is 17.4 Å². The monoisotopic (exact) mass is 497 g/mol. The maximum atomic E-state index is 13.4. The highest BCUT2D eigenvalue weighted by Crippen LogP contribution is 2.55. The fourth-order valence-electron chi connectivity index (χ4n) is 5.65. The number of hydrogen-bond acceptors (Lipinski definition) is 4. The second-order valence-corrected chi connectivity index (χ2v) is 11.2. The maximum Gasteiger partial charge on any atom is 0.197 e. The first-order valence-corrected chi connectivity index (χ1v) is 13.2. The van der Waals surface area contributed by atoms with Crippen LogP contribution in [0.15, 0.2) is 103 Å². The van der Waals surface area contributed by atoms with E-state index in [1.807, 2.05) is 54.6 Å². The van der Waals surface area contributed by atoms with Gasteiger partial charge >= 0.3 is 0 Å². The Bertz CT molecular complexity index is 1740. The highest BCUT2D eigenvalue weighted by molar-refractivity contribution is 7.17. The zero-order chi connectivity index (χ0) is 25.3. The summed E-state index contributed by atoms with van der Waals surface area (Å²) < 4.78 is 0. The van der Waals surface area contributed by atoms with Crippen LogP contribution in [-0.4, -0.2) is 11.6 Å². The van der Waals surface area contributed by atoms with Gasteiger partial charge in [0.25, 0.3) is 0 Å². The average molecular weight is 498 g/mol. The van der Waals surface area contributed by atoms with Crippen LogP contribution in [0, 0.1) is 0 Å². The number of para-hydroxylation sites is 2. The Balaban J connectivity index is 1.38. The summed E-state index contributed by atoms with van der Waals surface area (Å²) in [6.45, 7) is 4.48. The molecule has 37 heavy (non-hydrogen) atoms.